The highest BCUT2D eigenvalue weighted by atomic mass is 35.5. The second-order valence-electron chi connectivity index (χ2n) is 4.74. The largest absolute Gasteiger partial charge is 0.399 e. The van der Waals surface area contributed by atoms with Crippen molar-refractivity contribution in [2.75, 3.05) is 11.1 Å². The predicted octanol–water partition coefficient (Wildman–Crippen LogP) is 4.18. The maximum atomic E-state index is 8.74. The van der Waals surface area contributed by atoms with Gasteiger partial charge in [0.05, 0.1) is 10.0 Å². The van der Waals surface area contributed by atoms with E-state index >= 15 is 0 Å². The number of nitrogen functional groups attached to an aromatic ring is 1. The van der Waals surface area contributed by atoms with Crippen LogP contribution in [0.15, 0.2) is 42.5 Å². The van der Waals surface area contributed by atoms with Crippen LogP contribution in [0.4, 0.5) is 16.5 Å². The molecule has 0 spiro atoms. The first-order chi connectivity index (χ1) is 12.1. The second-order valence-corrected chi connectivity index (χ2v) is 7.43. The summed E-state index contributed by atoms with van der Waals surface area (Å²) in [6.07, 6.45) is 0. The molecule has 1 heterocycles. The summed E-state index contributed by atoms with van der Waals surface area (Å²) in [7, 11) is -4.67. The summed E-state index contributed by atoms with van der Waals surface area (Å²) in [6, 6.07) is 12.8. The number of aromatic nitrogens is 2. The summed E-state index contributed by atoms with van der Waals surface area (Å²) < 4.78 is 31.6. The number of benzene rings is 2. The van der Waals surface area contributed by atoms with Gasteiger partial charge in [-0.1, -0.05) is 46.7 Å². The molecule has 0 saturated heterocycles. The van der Waals surface area contributed by atoms with Gasteiger partial charge in [0, 0.05) is 16.9 Å². The van der Waals surface area contributed by atoms with Crippen LogP contribution in [0.1, 0.15) is 0 Å². The molecule has 26 heavy (non-hydrogen) atoms. The summed E-state index contributed by atoms with van der Waals surface area (Å²) in [6.45, 7) is 0. The molecule has 0 atom stereocenters. The lowest BCUT2D eigenvalue weighted by atomic mass is 10.2. The van der Waals surface area contributed by atoms with Crippen LogP contribution in [0.25, 0.3) is 10.6 Å². The zero-order valence-electron chi connectivity index (χ0n) is 12.8. The Labute approximate surface area is 163 Å². The first kappa shape index (κ1) is 20.4. The van der Waals surface area contributed by atoms with Crippen LogP contribution < -0.4 is 11.1 Å². The van der Waals surface area contributed by atoms with Crippen molar-refractivity contribution in [3.63, 3.8) is 0 Å². The average Bonchev–Trinajstić information content (AvgIpc) is 2.98. The molecule has 0 bridgehead atoms. The topological polar surface area (TPSA) is 138 Å². The summed E-state index contributed by atoms with van der Waals surface area (Å²) >= 11 is 13.3. The van der Waals surface area contributed by atoms with Gasteiger partial charge >= 0.3 is 10.4 Å². The Morgan fingerprint density at radius 2 is 1.73 bits per heavy atom. The fourth-order valence-corrected chi connectivity index (χ4v) is 2.82. The van der Waals surface area contributed by atoms with E-state index in [0.29, 0.717) is 20.9 Å². The molecule has 2 aromatic carbocycles. The number of anilines is 3. The Kier molecular flexibility index (Phi) is 6.75. The number of nitrogens with one attached hydrogen (secondary N) is 1. The van der Waals surface area contributed by atoms with Crippen molar-refractivity contribution in [1.82, 2.24) is 10.2 Å². The van der Waals surface area contributed by atoms with Crippen molar-refractivity contribution in [1.29, 1.82) is 0 Å². The average molecular weight is 435 g/mol. The van der Waals surface area contributed by atoms with E-state index in [9.17, 15) is 0 Å². The van der Waals surface area contributed by atoms with E-state index in [0.717, 1.165) is 16.3 Å². The fraction of sp³-hybridized carbons (Fsp3) is 0. The lowest BCUT2D eigenvalue weighted by Gasteiger charge is -2.03. The minimum absolute atomic E-state index is 0.488. The maximum Gasteiger partial charge on any atom is 0.394 e. The van der Waals surface area contributed by atoms with Gasteiger partial charge in [0.25, 0.3) is 0 Å². The van der Waals surface area contributed by atoms with Gasteiger partial charge in [0.15, 0.2) is 0 Å². The third-order valence-electron chi connectivity index (χ3n) is 2.73. The molecule has 12 heteroatoms. The standard InChI is InChI=1S/C14H10Cl2N4S.H2O4S/c15-11-5-4-10(7-12(11)16)18-14-20-19-13(21-14)8-2-1-3-9(17)6-8;1-5(2,3)4/h1-7H,17H2,(H,18,20);(H2,1,2,3,4). The third kappa shape index (κ3) is 6.75. The Balaban J connectivity index is 0.000000431. The van der Waals surface area contributed by atoms with Crippen molar-refractivity contribution < 1.29 is 17.5 Å². The molecule has 8 nitrogen and oxygen atoms in total. The first-order valence-electron chi connectivity index (χ1n) is 6.73. The Hall–Kier alpha value is -1.95. The molecular weight excluding hydrogens is 423 g/mol. The highest BCUT2D eigenvalue weighted by Gasteiger charge is 2.08. The zero-order valence-corrected chi connectivity index (χ0v) is 15.9. The summed E-state index contributed by atoms with van der Waals surface area (Å²) in [5.74, 6) is 0. The zero-order chi connectivity index (χ0) is 19.3. The van der Waals surface area contributed by atoms with E-state index in [-0.39, 0.29) is 0 Å². The summed E-state index contributed by atoms with van der Waals surface area (Å²) in [4.78, 5) is 0. The van der Waals surface area contributed by atoms with Crippen LogP contribution in [-0.4, -0.2) is 27.7 Å². The SMILES string of the molecule is Nc1cccc(-c2nnc(Nc3ccc(Cl)c(Cl)c3)s2)c1.O=S(=O)(O)O. The van der Waals surface area contributed by atoms with Crippen LogP contribution in [0.2, 0.25) is 10.0 Å². The number of nitrogens with two attached hydrogens (primary N) is 1. The van der Waals surface area contributed by atoms with Crippen LogP contribution in [0.3, 0.4) is 0 Å². The molecule has 3 rings (SSSR count). The first-order valence-corrected chi connectivity index (χ1v) is 9.70. The van der Waals surface area contributed by atoms with Gasteiger partial charge in [-0.3, -0.25) is 9.11 Å². The van der Waals surface area contributed by atoms with Gasteiger partial charge in [-0.05, 0) is 30.3 Å². The molecule has 0 saturated carbocycles. The van der Waals surface area contributed by atoms with Gasteiger partial charge in [0.2, 0.25) is 5.13 Å². The maximum absolute atomic E-state index is 8.74. The van der Waals surface area contributed by atoms with E-state index in [4.69, 9.17) is 46.5 Å². The molecule has 0 amide bonds. The quantitative estimate of drug-likeness (QED) is 0.355. The van der Waals surface area contributed by atoms with E-state index in [2.05, 4.69) is 15.5 Å². The molecule has 5 N–H and O–H groups in total. The van der Waals surface area contributed by atoms with Crippen molar-refractivity contribution >= 4 is 61.4 Å². The predicted molar refractivity (Wildman–Crippen MR) is 104 cm³/mol. The van der Waals surface area contributed by atoms with Crippen LogP contribution >= 0.6 is 34.5 Å². The normalized spacial score (nSPS) is 10.8. The number of rotatable bonds is 3. The summed E-state index contributed by atoms with van der Waals surface area (Å²) in [5, 5.41) is 13.9. The molecule has 0 aliphatic carbocycles. The minimum atomic E-state index is -4.67. The number of hydrogen-bond acceptors (Lipinski definition) is 7. The van der Waals surface area contributed by atoms with Gasteiger partial charge in [-0.2, -0.15) is 8.42 Å². The Morgan fingerprint density at radius 3 is 2.35 bits per heavy atom. The Morgan fingerprint density at radius 1 is 1.04 bits per heavy atom. The van der Waals surface area contributed by atoms with E-state index in [1.165, 1.54) is 11.3 Å². The van der Waals surface area contributed by atoms with Crippen molar-refractivity contribution in [2.45, 2.75) is 0 Å². The number of hydrogen-bond donors (Lipinski definition) is 4. The second kappa shape index (κ2) is 8.62. The molecule has 3 aromatic rings. The highest BCUT2D eigenvalue weighted by molar-refractivity contribution is 7.79. The Bertz CT molecular complexity index is 1000. The molecule has 138 valence electrons. The molecule has 1 aromatic heterocycles. The van der Waals surface area contributed by atoms with Crippen LogP contribution in [0.5, 0.6) is 0 Å². The van der Waals surface area contributed by atoms with Crippen LogP contribution in [0, 0.1) is 0 Å². The number of halogens is 2. The lowest BCUT2D eigenvalue weighted by Crippen LogP contribution is -1.89. The molecule has 0 fully saturated rings. The van der Waals surface area contributed by atoms with E-state index in [1.807, 2.05) is 30.3 Å². The van der Waals surface area contributed by atoms with Crippen molar-refractivity contribution in [3.8, 4) is 10.6 Å². The van der Waals surface area contributed by atoms with Crippen molar-refractivity contribution in [3.05, 3.63) is 52.5 Å². The monoisotopic (exact) mass is 434 g/mol. The molecule has 0 radical (unpaired) electrons. The lowest BCUT2D eigenvalue weighted by molar-refractivity contribution is 0.381. The molecular formula is C14H12Cl2N4O4S2. The molecule has 0 aliphatic rings. The van der Waals surface area contributed by atoms with Gasteiger partial charge in [0.1, 0.15) is 5.01 Å². The van der Waals surface area contributed by atoms with Gasteiger partial charge in [-0.25, -0.2) is 0 Å². The molecule has 0 aliphatic heterocycles. The summed E-state index contributed by atoms with van der Waals surface area (Å²) in [5.41, 5.74) is 8.21. The van der Waals surface area contributed by atoms with Gasteiger partial charge < -0.3 is 11.1 Å². The van der Waals surface area contributed by atoms with Crippen molar-refractivity contribution in [2.24, 2.45) is 0 Å². The highest BCUT2D eigenvalue weighted by Crippen LogP contribution is 2.31. The third-order valence-corrected chi connectivity index (χ3v) is 4.36. The number of nitrogens with zero attached hydrogens (tertiary/aromatic N) is 2. The molecule has 0 unspecified atom stereocenters. The van der Waals surface area contributed by atoms with E-state index in [1.54, 1.807) is 12.1 Å². The van der Waals surface area contributed by atoms with Gasteiger partial charge in [-0.15, -0.1) is 10.2 Å². The van der Waals surface area contributed by atoms with E-state index < -0.39 is 10.4 Å². The minimum Gasteiger partial charge on any atom is -0.399 e. The fourth-order valence-electron chi connectivity index (χ4n) is 1.76. The smallest absolute Gasteiger partial charge is 0.394 e. The van der Waals surface area contributed by atoms with Crippen LogP contribution in [-0.2, 0) is 10.4 Å².